The molecule has 6 heteroatoms. The highest BCUT2D eigenvalue weighted by atomic mass is 16.5. The van der Waals surface area contributed by atoms with Crippen molar-refractivity contribution in [2.24, 2.45) is 7.05 Å². The van der Waals surface area contributed by atoms with Gasteiger partial charge in [0.1, 0.15) is 6.33 Å². The van der Waals surface area contributed by atoms with Crippen LogP contribution in [0.1, 0.15) is 5.56 Å². The third-order valence-electron chi connectivity index (χ3n) is 4.38. The van der Waals surface area contributed by atoms with Crippen LogP contribution in [0.25, 0.3) is 27.8 Å². The lowest BCUT2D eigenvalue weighted by atomic mass is 10.1. The van der Waals surface area contributed by atoms with E-state index in [4.69, 9.17) is 4.74 Å². The van der Waals surface area contributed by atoms with Gasteiger partial charge in [-0.3, -0.25) is 14.0 Å². The number of hydrogen-bond acceptors (Lipinski definition) is 4. The van der Waals surface area contributed by atoms with Gasteiger partial charge >= 0.3 is 5.97 Å². The Balaban J connectivity index is 1.66. The molecule has 0 aliphatic heterocycles. The molecule has 0 saturated carbocycles. The first-order valence-corrected chi connectivity index (χ1v) is 8.26. The lowest BCUT2D eigenvalue weighted by Gasteiger charge is -2.06. The average molecular weight is 346 g/mol. The van der Waals surface area contributed by atoms with Gasteiger partial charge in [-0.25, -0.2) is 4.98 Å². The van der Waals surface area contributed by atoms with E-state index < -0.39 is 0 Å². The lowest BCUT2D eigenvalue weighted by molar-refractivity contribution is -0.139. The van der Waals surface area contributed by atoms with E-state index in [1.165, 1.54) is 7.11 Å². The molecule has 0 atom stereocenters. The minimum absolute atomic E-state index is 0.242. The SMILES string of the molecule is COC(=O)Cc1ccc(-n2cnc3cc(-c4cnn(C)c4)ccc32)cc1. The fraction of sp³-hybridized carbons (Fsp3) is 0.150. The van der Waals surface area contributed by atoms with Crippen LogP contribution in [0.3, 0.4) is 0 Å². The van der Waals surface area contributed by atoms with Crippen LogP contribution < -0.4 is 0 Å². The van der Waals surface area contributed by atoms with E-state index in [1.807, 2.05) is 54.6 Å². The first-order valence-electron chi connectivity index (χ1n) is 8.26. The molecule has 6 nitrogen and oxygen atoms in total. The normalized spacial score (nSPS) is 11.0. The monoisotopic (exact) mass is 346 g/mol. The number of carbonyl (C=O) groups is 1. The summed E-state index contributed by atoms with van der Waals surface area (Å²) in [6.45, 7) is 0. The number of rotatable bonds is 4. The molecule has 130 valence electrons. The second-order valence-electron chi connectivity index (χ2n) is 6.14. The third-order valence-corrected chi connectivity index (χ3v) is 4.38. The number of aryl methyl sites for hydroxylation is 1. The highest BCUT2D eigenvalue weighted by molar-refractivity contribution is 5.83. The maximum absolute atomic E-state index is 11.4. The molecule has 0 unspecified atom stereocenters. The Hall–Kier alpha value is -3.41. The summed E-state index contributed by atoms with van der Waals surface area (Å²) >= 11 is 0. The standard InChI is InChI=1S/C20H18N4O2/c1-23-12-16(11-22-23)15-5-8-19-18(10-15)21-13-24(19)17-6-3-14(4-7-17)9-20(25)26-2/h3-8,10-13H,9H2,1-2H3. The number of nitrogens with zero attached hydrogens (tertiary/aromatic N) is 4. The number of benzene rings is 2. The highest BCUT2D eigenvalue weighted by Crippen LogP contribution is 2.25. The zero-order chi connectivity index (χ0) is 18.1. The molecule has 0 aliphatic rings. The molecule has 0 aliphatic carbocycles. The zero-order valence-corrected chi connectivity index (χ0v) is 14.6. The number of hydrogen-bond donors (Lipinski definition) is 0. The van der Waals surface area contributed by atoms with E-state index in [-0.39, 0.29) is 12.4 Å². The molecule has 0 spiro atoms. The first-order chi connectivity index (χ1) is 12.6. The van der Waals surface area contributed by atoms with Crippen LogP contribution in [-0.2, 0) is 23.0 Å². The molecule has 0 saturated heterocycles. The number of aromatic nitrogens is 4. The van der Waals surface area contributed by atoms with Crippen molar-refractivity contribution in [3.05, 3.63) is 66.7 Å². The molecule has 4 rings (SSSR count). The second kappa shape index (κ2) is 6.48. The van der Waals surface area contributed by atoms with Crippen LogP contribution >= 0.6 is 0 Å². The molecule has 0 N–H and O–H groups in total. The zero-order valence-electron chi connectivity index (χ0n) is 14.6. The van der Waals surface area contributed by atoms with Gasteiger partial charge in [-0.2, -0.15) is 5.10 Å². The Morgan fingerprint density at radius 1 is 1.12 bits per heavy atom. The smallest absolute Gasteiger partial charge is 0.309 e. The van der Waals surface area contributed by atoms with E-state index in [0.29, 0.717) is 0 Å². The summed E-state index contributed by atoms with van der Waals surface area (Å²) in [6, 6.07) is 14.0. The molecular weight excluding hydrogens is 328 g/mol. The van der Waals surface area contributed by atoms with E-state index in [0.717, 1.165) is 33.4 Å². The van der Waals surface area contributed by atoms with Crippen LogP contribution in [-0.4, -0.2) is 32.4 Å². The van der Waals surface area contributed by atoms with Gasteiger partial charge in [0.05, 0.1) is 30.8 Å². The highest BCUT2D eigenvalue weighted by Gasteiger charge is 2.08. The Morgan fingerprint density at radius 3 is 2.62 bits per heavy atom. The predicted octanol–water partition coefficient (Wildman–Crippen LogP) is 3.14. The van der Waals surface area contributed by atoms with Gasteiger partial charge in [-0.15, -0.1) is 0 Å². The molecule has 0 bridgehead atoms. The van der Waals surface area contributed by atoms with Crippen molar-refractivity contribution in [1.82, 2.24) is 19.3 Å². The molecule has 26 heavy (non-hydrogen) atoms. The molecule has 2 aromatic carbocycles. The minimum atomic E-state index is -0.242. The van der Waals surface area contributed by atoms with Gasteiger partial charge in [-0.1, -0.05) is 18.2 Å². The third kappa shape index (κ3) is 2.97. The van der Waals surface area contributed by atoms with Crippen LogP contribution in [0.2, 0.25) is 0 Å². The van der Waals surface area contributed by atoms with Gasteiger partial charge in [0, 0.05) is 24.5 Å². The van der Waals surface area contributed by atoms with E-state index in [1.54, 1.807) is 4.68 Å². The lowest BCUT2D eigenvalue weighted by Crippen LogP contribution is -2.04. The maximum Gasteiger partial charge on any atom is 0.309 e. The molecule has 2 aromatic heterocycles. The Kier molecular flexibility index (Phi) is 4.01. The number of methoxy groups -OCH3 is 1. The van der Waals surface area contributed by atoms with Crippen LogP contribution in [0.4, 0.5) is 0 Å². The van der Waals surface area contributed by atoms with Gasteiger partial charge < -0.3 is 4.74 Å². The Labute approximate surface area is 150 Å². The quantitative estimate of drug-likeness (QED) is 0.533. The van der Waals surface area contributed by atoms with E-state index in [9.17, 15) is 4.79 Å². The van der Waals surface area contributed by atoms with Crippen molar-refractivity contribution in [2.45, 2.75) is 6.42 Å². The summed E-state index contributed by atoms with van der Waals surface area (Å²) in [5, 5.41) is 4.22. The van der Waals surface area contributed by atoms with Gasteiger partial charge in [-0.05, 0) is 35.4 Å². The molecule has 2 heterocycles. The number of imidazole rings is 1. The van der Waals surface area contributed by atoms with Crippen molar-refractivity contribution in [2.75, 3.05) is 7.11 Å². The average Bonchev–Trinajstić information content (AvgIpc) is 3.28. The minimum Gasteiger partial charge on any atom is -0.469 e. The van der Waals surface area contributed by atoms with Gasteiger partial charge in [0.25, 0.3) is 0 Å². The fourth-order valence-electron chi connectivity index (χ4n) is 2.98. The van der Waals surface area contributed by atoms with Crippen molar-refractivity contribution in [3.63, 3.8) is 0 Å². The van der Waals surface area contributed by atoms with Gasteiger partial charge in [0.2, 0.25) is 0 Å². The first kappa shape index (κ1) is 16.1. The van der Waals surface area contributed by atoms with Crippen molar-refractivity contribution in [1.29, 1.82) is 0 Å². The summed E-state index contributed by atoms with van der Waals surface area (Å²) < 4.78 is 8.52. The molecule has 4 aromatic rings. The number of carbonyl (C=O) groups excluding carboxylic acids is 1. The molecular formula is C20H18N4O2. The Morgan fingerprint density at radius 2 is 1.92 bits per heavy atom. The summed E-state index contributed by atoms with van der Waals surface area (Å²) in [5.41, 5.74) is 6.02. The summed E-state index contributed by atoms with van der Waals surface area (Å²) in [4.78, 5) is 15.9. The summed E-state index contributed by atoms with van der Waals surface area (Å²) in [6.07, 6.45) is 5.92. The number of esters is 1. The molecule has 0 radical (unpaired) electrons. The summed E-state index contributed by atoms with van der Waals surface area (Å²) in [5.74, 6) is -0.242. The maximum atomic E-state index is 11.4. The van der Waals surface area contributed by atoms with E-state index in [2.05, 4.69) is 28.3 Å². The Bertz CT molecular complexity index is 1080. The van der Waals surface area contributed by atoms with Crippen LogP contribution in [0, 0.1) is 0 Å². The van der Waals surface area contributed by atoms with E-state index >= 15 is 0 Å². The second-order valence-corrected chi connectivity index (χ2v) is 6.14. The topological polar surface area (TPSA) is 61.9 Å². The van der Waals surface area contributed by atoms with Crippen LogP contribution in [0.15, 0.2) is 61.2 Å². The predicted molar refractivity (Wildman–Crippen MR) is 99.0 cm³/mol. The fourth-order valence-corrected chi connectivity index (χ4v) is 2.98. The largest absolute Gasteiger partial charge is 0.469 e. The molecule has 0 fully saturated rings. The van der Waals surface area contributed by atoms with Crippen molar-refractivity contribution >= 4 is 17.0 Å². The van der Waals surface area contributed by atoms with Crippen molar-refractivity contribution < 1.29 is 9.53 Å². The molecule has 0 amide bonds. The van der Waals surface area contributed by atoms with Gasteiger partial charge in [0.15, 0.2) is 0 Å². The van der Waals surface area contributed by atoms with Crippen LogP contribution in [0.5, 0.6) is 0 Å². The number of ether oxygens (including phenoxy) is 1. The number of fused-ring (bicyclic) bond motifs is 1. The van der Waals surface area contributed by atoms with Crippen molar-refractivity contribution in [3.8, 4) is 16.8 Å². The summed E-state index contributed by atoms with van der Waals surface area (Å²) in [7, 11) is 3.30.